The lowest BCUT2D eigenvalue weighted by Crippen LogP contribution is -2.39. The lowest BCUT2D eigenvalue weighted by molar-refractivity contribution is -0.110. The summed E-state index contributed by atoms with van der Waals surface area (Å²) in [6, 6.07) is 17.8. The normalized spacial score (nSPS) is 11.6. The number of ether oxygens (including phenoxy) is 1. The van der Waals surface area contributed by atoms with Crippen LogP contribution in [0.3, 0.4) is 0 Å². The van der Waals surface area contributed by atoms with E-state index in [2.05, 4.69) is 5.32 Å². The molecule has 0 heterocycles. The zero-order valence-corrected chi connectivity index (χ0v) is 11.6. The maximum Gasteiger partial charge on any atom is 0.251 e. The Morgan fingerprint density at radius 2 is 1.67 bits per heavy atom. The van der Waals surface area contributed by atoms with Crippen molar-refractivity contribution in [1.29, 1.82) is 0 Å². The van der Waals surface area contributed by atoms with Crippen LogP contribution in [0.1, 0.15) is 15.9 Å². The van der Waals surface area contributed by atoms with Gasteiger partial charge in [-0.05, 0) is 17.7 Å². The highest BCUT2D eigenvalue weighted by molar-refractivity contribution is 5.95. The smallest absolute Gasteiger partial charge is 0.251 e. The van der Waals surface area contributed by atoms with E-state index >= 15 is 0 Å². The number of rotatable bonds is 7. The molecule has 1 atom stereocenters. The molecular formula is C17H17NO3. The van der Waals surface area contributed by atoms with Crippen molar-refractivity contribution in [3.8, 4) is 0 Å². The van der Waals surface area contributed by atoms with Crippen molar-refractivity contribution >= 4 is 12.2 Å². The summed E-state index contributed by atoms with van der Waals surface area (Å²) in [4.78, 5) is 22.9. The first-order valence-electron chi connectivity index (χ1n) is 6.72. The number of nitrogens with one attached hydrogen (secondary N) is 1. The van der Waals surface area contributed by atoms with Gasteiger partial charge in [-0.1, -0.05) is 48.5 Å². The van der Waals surface area contributed by atoms with Crippen molar-refractivity contribution < 1.29 is 14.3 Å². The number of hydrogen-bond donors (Lipinski definition) is 1. The van der Waals surface area contributed by atoms with E-state index in [-0.39, 0.29) is 12.5 Å². The quantitative estimate of drug-likeness (QED) is 0.793. The van der Waals surface area contributed by atoms with Crippen molar-refractivity contribution in [2.24, 2.45) is 0 Å². The molecule has 0 spiro atoms. The van der Waals surface area contributed by atoms with Crippen LogP contribution in [0.4, 0.5) is 0 Å². The number of benzene rings is 2. The zero-order valence-electron chi connectivity index (χ0n) is 11.6. The Labute approximate surface area is 123 Å². The molecule has 0 radical (unpaired) electrons. The van der Waals surface area contributed by atoms with E-state index in [1.165, 1.54) is 0 Å². The Kier molecular flexibility index (Phi) is 5.67. The van der Waals surface area contributed by atoms with Crippen LogP contribution >= 0.6 is 0 Å². The highest BCUT2D eigenvalue weighted by atomic mass is 16.5. The molecule has 0 aliphatic rings. The van der Waals surface area contributed by atoms with Crippen LogP contribution < -0.4 is 5.32 Å². The number of aldehydes is 1. The third kappa shape index (κ3) is 4.85. The Hall–Kier alpha value is -2.46. The molecule has 0 aliphatic heterocycles. The fourth-order valence-corrected chi connectivity index (χ4v) is 1.83. The number of carbonyl (C=O) groups excluding carboxylic acids is 2. The van der Waals surface area contributed by atoms with Crippen LogP contribution in [0.25, 0.3) is 0 Å². The summed E-state index contributed by atoms with van der Waals surface area (Å²) in [7, 11) is 0. The molecule has 0 fully saturated rings. The molecule has 1 unspecified atom stereocenters. The van der Waals surface area contributed by atoms with E-state index in [0.717, 1.165) is 5.56 Å². The first kappa shape index (κ1) is 14.9. The van der Waals surface area contributed by atoms with E-state index in [4.69, 9.17) is 4.74 Å². The average molecular weight is 283 g/mol. The summed E-state index contributed by atoms with van der Waals surface area (Å²) in [5, 5.41) is 2.64. The second-order valence-corrected chi connectivity index (χ2v) is 4.58. The van der Waals surface area contributed by atoms with Gasteiger partial charge in [-0.15, -0.1) is 0 Å². The van der Waals surface area contributed by atoms with Crippen LogP contribution in [-0.2, 0) is 16.1 Å². The van der Waals surface area contributed by atoms with Crippen LogP contribution in [0.2, 0.25) is 0 Å². The van der Waals surface area contributed by atoms with Gasteiger partial charge < -0.3 is 14.8 Å². The monoisotopic (exact) mass is 283 g/mol. The topological polar surface area (TPSA) is 55.4 Å². The first-order chi connectivity index (χ1) is 10.3. The van der Waals surface area contributed by atoms with E-state index in [1.54, 1.807) is 24.3 Å². The van der Waals surface area contributed by atoms with Gasteiger partial charge in [-0.25, -0.2) is 0 Å². The van der Waals surface area contributed by atoms with Gasteiger partial charge in [0.2, 0.25) is 0 Å². The molecule has 0 bridgehead atoms. The molecule has 1 N–H and O–H groups in total. The molecule has 2 aromatic carbocycles. The molecule has 0 saturated heterocycles. The SMILES string of the molecule is O=CC(COCc1ccccc1)NC(=O)c1ccccc1. The summed E-state index contributed by atoms with van der Waals surface area (Å²) < 4.78 is 5.46. The minimum Gasteiger partial charge on any atom is -0.374 e. The van der Waals surface area contributed by atoms with E-state index in [0.29, 0.717) is 18.5 Å². The van der Waals surface area contributed by atoms with Gasteiger partial charge in [0, 0.05) is 5.56 Å². The third-order valence-corrected chi connectivity index (χ3v) is 2.93. The molecular weight excluding hydrogens is 266 g/mol. The van der Waals surface area contributed by atoms with Gasteiger partial charge in [-0.2, -0.15) is 0 Å². The summed E-state index contributed by atoms with van der Waals surface area (Å²) >= 11 is 0. The Morgan fingerprint density at radius 1 is 1.05 bits per heavy atom. The molecule has 2 rings (SSSR count). The zero-order chi connectivity index (χ0) is 14.9. The maximum atomic E-state index is 11.9. The van der Waals surface area contributed by atoms with Crippen molar-refractivity contribution in [1.82, 2.24) is 5.32 Å². The summed E-state index contributed by atoms with van der Waals surface area (Å²) in [5.74, 6) is -0.281. The van der Waals surface area contributed by atoms with Gasteiger partial charge in [0.15, 0.2) is 0 Å². The second kappa shape index (κ2) is 7.97. The predicted molar refractivity (Wildman–Crippen MR) is 79.9 cm³/mol. The van der Waals surface area contributed by atoms with Crippen molar-refractivity contribution in [2.45, 2.75) is 12.6 Å². The van der Waals surface area contributed by atoms with E-state index < -0.39 is 6.04 Å². The molecule has 4 heteroatoms. The van der Waals surface area contributed by atoms with Gasteiger partial charge in [-0.3, -0.25) is 4.79 Å². The summed E-state index contributed by atoms with van der Waals surface area (Å²) in [6.07, 6.45) is 0.686. The largest absolute Gasteiger partial charge is 0.374 e. The van der Waals surface area contributed by atoms with Crippen LogP contribution in [0.15, 0.2) is 60.7 Å². The van der Waals surface area contributed by atoms with Gasteiger partial charge >= 0.3 is 0 Å². The lowest BCUT2D eigenvalue weighted by Gasteiger charge is -2.13. The molecule has 0 aliphatic carbocycles. The van der Waals surface area contributed by atoms with Crippen LogP contribution in [-0.4, -0.2) is 24.8 Å². The number of amides is 1. The van der Waals surface area contributed by atoms with Crippen molar-refractivity contribution in [2.75, 3.05) is 6.61 Å². The maximum absolute atomic E-state index is 11.9. The van der Waals surface area contributed by atoms with Crippen molar-refractivity contribution in [3.05, 3.63) is 71.8 Å². The van der Waals surface area contributed by atoms with Gasteiger partial charge in [0.1, 0.15) is 12.3 Å². The molecule has 1 amide bonds. The fourth-order valence-electron chi connectivity index (χ4n) is 1.83. The van der Waals surface area contributed by atoms with E-state index in [9.17, 15) is 9.59 Å². The minimum absolute atomic E-state index is 0.150. The first-order valence-corrected chi connectivity index (χ1v) is 6.72. The average Bonchev–Trinajstić information content (AvgIpc) is 2.55. The van der Waals surface area contributed by atoms with Gasteiger partial charge in [0.05, 0.1) is 13.2 Å². The Morgan fingerprint density at radius 3 is 2.29 bits per heavy atom. The Balaban J connectivity index is 1.81. The molecule has 108 valence electrons. The summed E-state index contributed by atoms with van der Waals surface area (Å²) in [6.45, 7) is 0.559. The number of hydrogen-bond acceptors (Lipinski definition) is 3. The second-order valence-electron chi connectivity index (χ2n) is 4.58. The minimum atomic E-state index is -0.651. The predicted octanol–water partition coefficient (Wildman–Crippen LogP) is 2.20. The van der Waals surface area contributed by atoms with Crippen LogP contribution in [0, 0.1) is 0 Å². The van der Waals surface area contributed by atoms with Gasteiger partial charge in [0.25, 0.3) is 5.91 Å². The molecule has 0 saturated carbocycles. The highest BCUT2D eigenvalue weighted by Gasteiger charge is 2.12. The molecule has 2 aromatic rings. The van der Waals surface area contributed by atoms with E-state index in [1.807, 2.05) is 36.4 Å². The Bertz CT molecular complexity index is 569. The fraction of sp³-hybridized carbons (Fsp3) is 0.176. The third-order valence-electron chi connectivity index (χ3n) is 2.93. The molecule has 21 heavy (non-hydrogen) atoms. The lowest BCUT2D eigenvalue weighted by atomic mass is 10.2. The van der Waals surface area contributed by atoms with Crippen molar-refractivity contribution in [3.63, 3.8) is 0 Å². The van der Waals surface area contributed by atoms with Crippen LogP contribution in [0.5, 0.6) is 0 Å². The summed E-state index contributed by atoms with van der Waals surface area (Å²) in [5.41, 5.74) is 1.55. The molecule has 4 nitrogen and oxygen atoms in total. The highest BCUT2D eigenvalue weighted by Crippen LogP contribution is 2.02. The standard InChI is InChI=1S/C17H17NO3/c19-11-16(13-21-12-14-7-3-1-4-8-14)18-17(20)15-9-5-2-6-10-15/h1-11,16H,12-13H2,(H,18,20). The molecule has 0 aromatic heterocycles. The number of carbonyl (C=O) groups is 2.